The number of hydrogen-bond donors (Lipinski definition) is 0. The zero-order chi connectivity index (χ0) is 12.6. The normalized spacial score (nSPS) is 12.1. The van der Waals surface area contributed by atoms with E-state index in [4.69, 9.17) is 4.74 Å². The molecule has 0 spiro atoms. The minimum absolute atomic E-state index is 0.380. The summed E-state index contributed by atoms with van der Waals surface area (Å²) >= 11 is 0. The van der Waals surface area contributed by atoms with Gasteiger partial charge in [0.1, 0.15) is 23.9 Å². The summed E-state index contributed by atoms with van der Waals surface area (Å²) in [5.41, 5.74) is 1.42. The van der Waals surface area contributed by atoms with Gasteiger partial charge in [0.25, 0.3) is 0 Å². The Morgan fingerprint density at radius 3 is 2.17 bits per heavy atom. The van der Waals surface area contributed by atoms with E-state index in [2.05, 4.69) is 36.6 Å². The summed E-state index contributed by atoms with van der Waals surface area (Å²) in [6.45, 7) is 0.802. The van der Waals surface area contributed by atoms with E-state index in [9.17, 15) is 0 Å². The van der Waals surface area contributed by atoms with Gasteiger partial charge in [-0.25, -0.2) is 0 Å². The molecule has 2 aromatic carbocycles. The van der Waals surface area contributed by atoms with Gasteiger partial charge in [-0.1, -0.05) is 48.5 Å². The average Bonchev–Trinajstić information content (AvgIpc) is 2.41. The molecule has 0 N–H and O–H groups in total. The summed E-state index contributed by atoms with van der Waals surface area (Å²) < 4.78 is 5.72. The van der Waals surface area contributed by atoms with Gasteiger partial charge < -0.3 is 4.74 Å². The fourth-order valence-electron chi connectivity index (χ4n) is 1.75. The van der Waals surface area contributed by atoms with Crippen LogP contribution in [-0.4, -0.2) is 18.6 Å². The lowest BCUT2D eigenvalue weighted by molar-refractivity contribution is 0.343. The van der Waals surface area contributed by atoms with Crippen LogP contribution < -0.4 is 4.74 Å². The molecule has 0 aliphatic heterocycles. The maximum atomic E-state index is 5.72. The molecule has 0 aromatic heterocycles. The van der Waals surface area contributed by atoms with Crippen molar-refractivity contribution in [3.05, 3.63) is 66.2 Å². The minimum atomic E-state index is 0.380. The molecule has 0 radical (unpaired) electrons. The first-order chi connectivity index (χ1) is 8.84. The molecule has 94 valence electrons. The van der Waals surface area contributed by atoms with E-state index in [1.807, 2.05) is 30.3 Å². The third-order valence-electron chi connectivity index (χ3n) is 2.70. The van der Waals surface area contributed by atoms with Crippen molar-refractivity contribution in [1.29, 1.82) is 0 Å². The fraction of sp³-hybridized carbons (Fsp3) is 0.250. The number of ether oxygens (including phenoxy) is 1. The first-order valence-electron chi connectivity index (χ1n) is 6.15. The minimum Gasteiger partial charge on any atom is -0.489 e. The Morgan fingerprint density at radius 1 is 0.889 bits per heavy atom. The van der Waals surface area contributed by atoms with Crippen molar-refractivity contribution in [1.82, 2.24) is 0 Å². The molecule has 0 aliphatic rings. The van der Waals surface area contributed by atoms with Gasteiger partial charge in [0.2, 0.25) is 0 Å². The molecule has 2 aromatic rings. The predicted molar refractivity (Wildman–Crippen MR) is 80.2 cm³/mol. The highest BCUT2D eigenvalue weighted by molar-refractivity contribution is 7.95. The average molecular weight is 259 g/mol. The van der Waals surface area contributed by atoms with Gasteiger partial charge in [0, 0.05) is 5.56 Å². The lowest BCUT2D eigenvalue weighted by atomic mass is 10.2. The van der Waals surface area contributed by atoms with Crippen LogP contribution in [0.1, 0.15) is 5.56 Å². The lowest BCUT2D eigenvalue weighted by Gasteiger charge is -2.06. The van der Waals surface area contributed by atoms with Crippen LogP contribution in [-0.2, 0) is 16.6 Å². The number of rotatable bonds is 6. The smallest absolute Gasteiger partial charge is 0.142 e. The zero-order valence-corrected chi connectivity index (χ0v) is 11.5. The molecule has 18 heavy (non-hydrogen) atoms. The second-order valence-corrected chi connectivity index (χ2v) is 6.54. The highest BCUT2D eigenvalue weighted by Crippen LogP contribution is 2.10. The van der Waals surface area contributed by atoms with Gasteiger partial charge in [0.05, 0.1) is 6.26 Å². The van der Waals surface area contributed by atoms with Crippen LogP contribution in [0.25, 0.3) is 0 Å². The van der Waals surface area contributed by atoms with Crippen LogP contribution in [0.2, 0.25) is 0 Å². The van der Waals surface area contributed by atoms with Crippen molar-refractivity contribution < 1.29 is 4.74 Å². The maximum absolute atomic E-state index is 5.72. The Hall–Kier alpha value is -1.41. The van der Waals surface area contributed by atoms with Crippen molar-refractivity contribution in [3.63, 3.8) is 0 Å². The highest BCUT2D eigenvalue weighted by atomic mass is 32.2. The molecule has 1 unspecified atom stereocenters. The molecule has 0 amide bonds. The summed E-state index contributed by atoms with van der Waals surface area (Å²) in [6.07, 6.45) is 2.31. The van der Waals surface area contributed by atoms with Crippen LogP contribution >= 0.6 is 0 Å². The van der Waals surface area contributed by atoms with Crippen molar-refractivity contribution in [2.75, 3.05) is 18.6 Å². The van der Waals surface area contributed by atoms with Gasteiger partial charge in [-0.05, 0) is 23.0 Å². The van der Waals surface area contributed by atoms with E-state index in [0.717, 1.165) is 23.9 Å². The van der Waals surface area contributed by atoms with Crippen LogP contribution in [0.5, 0.6) is 5.75 Å². The van der Waals surface area contributed by atoms with Crippen LogP contribution in [0, 0.1) is 0 Å². The van der Waals surface area contributed by atoms with E-state index in [1.165, 1.54) is 5.56 Å². The van der Waals surface area contributed by atoms with Crippen LogP contribution in [0.3, 0.4) is 0 Å². The Kier molecular flexibility index (Phi) is 5.15. The first-order valence-corrected chi connectivity index (χ1v) is 8.12. The Morgan fingerprint density at radius 2 is 1.50 bits per heavy atom. The molecular formula is C16H19OS+. The SMILES string of the molecule is C[S+](CCOc1ccccc1)Cc1ccccc1. The molecule has 0 saturated heterocycles. The standard InChI is InChI=1S/C16H19OS/c1-18(14-15-8-4-2-5-9-15)13-12-17-16-10-6-3-7-11-16/h2-11H,12-14H2,1H3/q+1. The fourth-order valence-corrected chi connectivity index (χ4v) is 3.02. The summed E-state index contributed by atoms with van der Waals surface area (Å²) in [5.74, 6) is 3.23. The van der Waals surface area contributed by atoms with E-state index in [-0.39, 0.29) is 0 Å². The quantitative estimate of drug-likeness (QED) is 0.721. The maximum Gasteiger partial charge on any atom is 0.142 e. The van der Waals surface area contributed by atoms with E-state index in [1.54, 1.807) is 0 Å². The molecule has 1 nitrogen and oxygen atoms in total. The predicted octanol–water partition coefficient (Wildman–Crippen LogP) is 3.51. The van der Waals surface area contributed by atoms with Crippen molar-refractivity contribution in [2.45, 2.75) is 5.75 Å². The summed E-state index contributed by atoms with van der Waals surface area (Å²) in [7, 11) is 0.380. The topological polar surface area (TPSA) is 9.23 Å². The van der Waals surface area contributed by atoms with Crippen LogP contribution in [0.15, 0.2) is 60.7 Å². The van der Waals surface area contributed by atoms with Crippen molar-refractivity contribution in [3.8, 4) is 5.75 Å². The molecule has 2 heteroatoms. The van der Waals surface area contributed by atoms with Gasteiger partial charge in [0.15, 0.2) is 0 Å². The molecule has 0 saturated carbocycles. The van der Waals surface area contributed by atoms with Gasteiger partial charge >= 0.3 is 0 Å². The van der Waals surface area contributed by atoms with Gasteiger partial charge in [-0.15, -0.1) is 0 Å². The molecule has 0 heterocycles. The molecule has 0 bridgehead atoms. The number of benzene rings is 2. The zero-order valence-electron chi connectivity index (χ0n) is 10.7. The molecule has 2 rings (SSSR count). The van der Waals surface area contributed by atoms with E-state index in [0.29, 0.717) is 10.9 Å². The molecule has 0 aliphatic carbocycles. The molecule has 1 atom stereocenters. The number of hydrogen-bond acceptors (Lipinski definition) is 1. The Balaban J connectivity index is 1.71. The summed E-state index contributed by atoms with van der Waals surface area (Å²) in [5, 5.41) is 0. The van der Waals surface area contributed by atoms with Gasteiger partial charge in [-0.3, -0.25) is 0 Å². The van der Waals surface area contributed by atoms with E-state index >= 15 is 0 Å². The van der Waals surface area contributed by atoms with E-state index < -0.39 is 0 Å². The molecule has 0 fully saturated rings. The Labute approximate surface area is 112 Å². The van der Waals surface area contributed by atoms with Crippen molar-refractivity contribution in [2.24, 2.45) is 0 Å². The van der Waals surface area contributed by atoms with Crippen LogP contribution in [0.4, 0.5) is 0 Å². The molecular weight excluding hydrogens is 240 g/mol. The van der Waals surface area contributed by atoms with Gasteiger partial charge in [-0.2, -0.15) is 0 Å². The largest absolute Gasteiger partial charge is 0.489 e. The lowest BCUT2D eigenvalue weighted by Crippen LogP contribution is -2.15. The highest BCUT2D eigenvalue weighted by Gasteiger charge is 2.11. The third kappa shape index (κ3) is 4.46. The Bertz CT molecular complexity index is 441. The second-order valence-electron chi connectivity index (χ2n) is 4.28. The van der Waals surface area contributed by atoms with Crippen molar-refractivity contribution >= 4 is 10.9 Å². The third-order valence-corrected chi connectivity index (χ3v) is 4.39. The second kappa shape index (κ2) is 7.12. The summed E-state index contributed by atoms with van der Waals surface area (Å²) in [6, 6.07) is 20.7. The monoisotopic (exact) mass is 259 g/mol. The number of para-hydroxylation sites is 1. The summed E-state index contributed by atoms with van der Waals surface area (Å²) in [4.78, 5) is 0. The first kappa shape index (κ1) is 13.0.